The van der Waals surface area contributed by atoms with E-state index in [0.717, 1.165) is 23.8 Å². The van der Waals surface area contributed by atoms with E-state index in [2.05, 4.69) is 0 Å². The number of ether oxygens (including phenoxy) is 2. The lowest BCUT2D eigenvalue weighted by Gasteiger charge is -2.25. The molecule has 2 N–H and O–H groups in total. The van der Waals surface area contributed by atoms with Crippen LogP contribution in [0, 0.1) is 5.92 Å². The van der Waals surface area contributed by atoms with Crippen LogP contribution < -0.4 is 15.8 Å². The van der Waals surface area contributed by atoms with E-state index in [1.54, 1.807) is 44.2 Å². The Morgan fingerprint density at radius 1 is 1.25 bits per heavy atom. The number of carbonyl (C=O) groups is 1. The van der Waals surface area contributed by atoms with Gasteiger partial charge < -0.3 is 19.1 Å². The van der Waals surface area contributed by atoms with Crippen molar-refractivity contribution >= 4 is 13.6 Å². The quantitative estimate of drug-likeness (QED) is 0.351. The number of hydrogen-bond acceptors (Lipinski definition) is 9. The molecular formula is C23H30FN2O9P. The van der Waals surface area contributed by atoms with Gasteiger partial charge in [-0.05, 0) is 32.9 Å². The molecule has 0 spiro atoms. The molecule has 1 saturated heterocycles. The van der Waals surface area contributed by atoms with Crippen molar-refractivity contribution in [3.05, 3.63) is 63.4 Å². The molecule has 1 aromatic carbocycles. The number of nitrogens with one attached hydrogen (secondary N) is 1. The second-order valence-electron chi connectivity index (χ2n) is 9.02. The Balaban J connectivity index is 1.80. The van der Waals surface area contributed by atoms with Crippen LogP contribution in [0.1, 0.15) is 33.9 Å². The van der Waals surface area contributed by atoms with Crippen molar-refractivity contribution in [3.63, 3.8) is 0 Å². The van der Waals surface area contributed by atoms with Crippen LogP contribution in [0.2, 0.25) is 0 Å². The minimum atomic E-state index is -4.05. The molecule has 198 valence electrons. The van der Waals surface area contributed by atoms with E-state index >= 15 is 4.39 Å². The van der Waals surface area contributed by atoms with E-state index in [-0.39, 0.29) is 18.0 Å². The molecule has 0 radical (unpaired) electrons. The molecule has 11 nitrogen and oxygen atoms in total. The van der Waals surface area contributed by atoms with Crippen molar-refractivity contribution in [2.75, 3.05) is 12.8 Å². The van der Waals surface area contributed by atoms with Crippen molar-refractivity contribution < 1.29 is 37.4 Å². The van der Waals surface area contributed by atoms with Crippen molar-refractivity contribution in [3.8, 4) is 5.75 Å². The first-order valence-electron chi connectivity index (χ1n) is 11.3. The van der Waals surface area contributed by atoms with Gasteiger partial charge in [-0.3, -0.25) is 23.7 Å². The fourth-order valence-corrected chi connectivity index (χ4v) is 5.54. The Labute approximate surface area is 206 Å². The van der Waals surface area contributed by atoms with Gasteiger partial charge in [-0.1, -0.05) is 25.1 Å². The highest BCUT2D eigenvalue weighted by Crippen LogP contribution is 2.51. The number of aliphatic hydroxyl groups is 1. The molecule has 0 bridgehead atoms. The predicted molar refractivity (Wildman–Crippen MR) is 127 cm³/mol. The monoisotopic (exact) mass is 528 g/mol. The third-order valence-electron chi connectivity index (χ3n) is 5.50. The van der Waals surface area contributed by atoms with Crippen molar-refractivity contribution in [1.82, 2.24) is 9.55 Å². The third kappa shape index (κ3) is 6.50. The van der Waals surface area contributed by atoms with Gasteiger partial charge in [0.25, 0.3) is 5.56 Å². The van der Waals surface area contributed by atoms with Gasteiger partial charge in [0.2, 0.25) is 0 Å². The van der Waals surface area contributed by atoms with Crippen LogP contribution in [0.15, 0.2) is 52.2 Å². The van der Waals surface area contributed by atoms with Crippen LogP contribution in [0.25, 0.3) is 0 Å². The molecule has 3 rings (SSSR count). The van der Waals surface area contributed by atoms with Crippen molar-refractivity contribution in [2.45, 2.75) is 57.9 Å². The summed E-state index contributed by atoms with van der Waals surface area (Å²) in [5, 5.41) is 10.6. The highest BCUT2D eigenvalue weighted by molar-refractivity contribution is 7.54. The number of aliphatic hydroxyl groups excluding tert-OH is 1. The molecule has 13 heteroatoms. The Hall–Kier alpha value is -2.79. The zero-order valence-electron chi connectivity index (χ0n) is 20.3. The number of esters is 1. The maximum Gasteiger partial charge on any atom is 0.380 e. The average molecular weight is 528 g/mol. The Morgan fingerprint density at radius 2 is 1.92 bits per heavy atom. The molecular weight excluding hydrogens is 498 g/mol. The summed E-state index contributed by atoms with van der Waals surface area (Å²) in [5.74, 6) is -1.25. The first-order valence-corrected chi connectivity index (χ1v) is 13.1. The summed E-state index contributed by atoms with van der Waals surface area (Å²) in [6.07, 6.45) is -4.42. The summed E-state index contributed by atoms with van der Waals surface area (Å²) in [6.45, 7) is 5.32. The van der Waals surface area contributed by atoms with Gasteiger partial charge in [0.15, 0.2) is 11.9 Å². The van der Waals surface area contributed by atoms with Gasteiger partial charge in [0.05, 0.1) is 24.8 Å². The number of halogens is 1. The molecule has 2 heterocycles. The molecule has 1 fully saturated rings. The lowest BCUT2D eigenvalue weighted by atomic mass is 9.98. The number of H-pyrrole nitrogens is 1. The number of para-hydroxylation sites is 1. The first kappa shape index (κ1) is 27.8. The van der Waals surface area contributed by atoms with E-state index < -0.39 is 61.4 Å². The Kier molecular flexibility index (Phi) is 8.55. The van der Waals surface area contributed by atoms with Gasteiger partial charge in [0.1, 0.15) is 18.0 Å². The van der Waals surface area contributed by atoms with Gasteiger partial charge in [-0.15, -0.1) is 0 Å². The number of benzene rings is 1. The standard InChI is InChI=1S/C23H30FN2O9P/c1-14(2)33-20(29)15(3)13-36(31,35-16-8-6-5-7-9-16)32-12-17-19(28)23(4,24)21(34-17)26-11-10-18(27)25-22(26)30/h5-11,14-15,17,19,21,28H,12-13H2,1-4H3,(H,25,27,30)/t15-,17-,19-,21-,23-,36+/m1/s1. The lowest BCUT2D eigenvalue weighted by Crippen LogP contribution is -2.43. The smallest absolute Gasteiger partial charge is 0.380 e. The Morgan fingerprint density at radius 3 is 2.53 bits per heavy atom. The topological polar surface area (TPSA) is 146 Å². The van der Waals surface area contributed by atoms with Gasteiger partial charge >= 0.3 is 19.3 Å². The fraction of sp³-hybridized carbons (Fsp3) is 0.522. The summed E-state index contributed by atoms with van der Waals surface area (Å²) in [5.41, 5.74) is -4.07. The van der Waals surface area contributed by atoms with Crippen molar-refractivity contribution in [1.29, 1.82) is 0 Å². The summed E-state index contributed by atoms with van der Waals surface area (Å²) < 4.78 is 51.8. The largest absolute Gasteiger partial charge is 0.463 e. The molecule has 1 aliphatic heterocycles. The minimum Gasteiger partial charge on any atom is -0.463 e. The van der Waals surface area contributed by atoms with Crippen LogP contribution in [-0.4, -0.2) is 57.4 Å². The van der Waals surface area contributed by atoms with Gasteiger partial charge in [0, 0.05) is 12.3 Å². The molecule has 0 aliphatic carbocycles. The second kappa shape index (κ2) is 11.1. The summed E-state index contributed by atoms with van der Waals surface area (Å²) in [7, 11) is -4.05. The number of aromatic amines is 1. The SMILES string of the molecule is CC(C)OC(=O)[C@H](C)C[P@](=O)(OC[C@H]1O[C@@H](n2ccc(=O)[nH]c2=O)[C@](C)(F)[C@@H]1O)Oc1ccccc1. The summed E-state index contributed by atoms with van der Waals surface area (Å²) >= 11 is 0. The highest BCUT2D eigenvalue weighted by atomic mass is 31.2. The fourth-order valence-electron chi connectivity index (χ4n) is 3.67. The molecule has 1 aromatic heterocycles. The van der Waals surface area contributed by atoms with E-state index in [1.807, 2.05) is 4.98 Å². The zero-order valence-corrected chi connectivity index (χ0v) is 21.2. The molecule has 6 atom stereocenters. The second-order valence-corrected chi connectivity index (χ2v) is 11.0. The molecule has 0 amide bonds. The Bertz CT molecular complexity index is 1210. The van der Waals surface area contributed by atoms with Gasteiger partial charge in [-0.2, -0.15) is 0 Å². The normalized spacial score (nSPS) is 26.4. The van der Waals surface area contributed by atoms with Crippen LogP contribution in [-0.2, 0) is 23.4 Å². The van der Waals surface area contributed by atoms with E-state index in [4.69, 9.17) is 18.5 Å². The van der Waals surface area contributed by atoms with E-state index in [9.17, 15) is 24.1 Å². The number of nitrogens with zero attached hydrogens (tertiary/aromatic N) is 1. The van der Waals surface area contributed by atoms with Crippen LogP contribution >= 0.6 is 7.60 Å². The van der Waals surface area contributed by atoms with Crippen LogP contribution in [0.3, 0.4) is 0 Å². The number of aromatic nitrogens is 2. The summed E-state index contributed by atoms with van der Waals surface area (Å²) in [4.78, 5) is 37.8. The van der Waals surface area contributed by atoms with Crippen LogP contribution in [0.4, 0.5) is 4.39 Å². The van der Waals surface area contributed by atoms with Crippen LogP contribution in [0.5, 0.6) is 5.75 Å². The lowest BCUT2D eigenvalue weighted by molar-refractivity contribution is -0.151. The van der Waals surface area contributed by atoms with E-state index in [0.29, 0.717) is 0 Å². The molecule has 36 heavy (non-hydrogen) atoms. The molecule has 0 unspecified atom stereocenters. The number of hydrogen-bond donors (Lipinski definition) is 2. The molecule has 0 saturated carbocycles. The van der Waals surface area contributed by atoms with E-state index in [1.165, 1.54) is 6.92 Å². The van der Waals surface area contributed by atoms with Gasteiger partial charge in [-0.25, -0.2) is 13.8 Å². The highest BCUT2D eigenvalue weighted by Gasteiger charge is 2.55. The maximum absolute atomic E-state index is 15.4. The molecule has 2 aromatic rings. The minimum absolute atomic E-state index is 0.214. The summed E-state index contributed by atoms with van der Waals surface area (Å²) in [6, 6.07) is 9.14. The number of carbonyl (C=O) groups excluding carboxylic acids is 1. The average Bonchev–Trinajstić information content (AvgIpc) is 3.01. The maximum atomic E-state index is 15.4. The molecule has 1 aliphatic rings. The van der Waals surface area contributed by atoms with Crippen molar-refractivity contribution in [2.24, 2.45) is 5.92 Å². The third-order valence-corrected chi connectivity index (χ3v) is 7.52. The number of rotatable bonds is 10. The first-order chi connectivity index (χ1) is 16.8. The zero-order chi connectivity index (χ0) is 26.7. The predicted octanol–water partition coefficient (Wildman–Crippen LogP) is 2.40. The number of alkyl halides is 1.